The first-order chi connectivity index (χ1) is 12.7. The van der Waals surface area contributed by atoms with Gasteiger partial charge in [0.15, 0.2) is 0 Å². The van der Waals surface area contributed by atoms with Crippen molar-refractivity contribution in [3.8, 4) is 9.75 Å². The lowest BCUT2D eigenvalue weighted by Crippen LogP contribution is -2.31. The van der Waals surface area contributed by atoms with E-state index in [1.807, 2.05) is 22.7 Å². The van der Waals surface area contributed by atoms with Gasteiger partial charge in [-0.2, -0.15) is 0 Å². The van der Waals surface area contributed by atoms with Crippen molar-refractivity contribution in [1.29, 1.82) is 0 Å². The van der Waals surface area contributed by atoms with Crippen LogP contribution >= 0.6 is 22.7 Å². The Balaban J connectivity index is 2.00. The van der Waals surface area contributed by atoms with Crippen LogP contribution in [0.4, 0.5) is 0 Å². The third-order valence-electron chi connectivity index (χ3n) is 6.66. The fourth-order valence-electron chi connectivity index (χ4n) is 5.18. The molecule has 26 heavy (non-hydrogen) atoms. The van der Waals surface area contributed by atoms with Crippen molar-refractivity contribution in [2.75, 3.05) is 0 Å². The van der Waals surface area contributed by atoms with E-state index in [-0.39, 0.29) is 5.41 Å². The van der Waals surface area contributed by atoms with Gasteiger partial charge in [-0.25, -0.2) is 0 Å². The van der Waals surface area contributed by atoms with E-state index in [0.717, 1.165) is 11.8 Å². The highest BCUT2D eigenvalue weighted by Crippen LogP contribution is 2.59. The zero-order chi connectivity index (χ0) is 18.6. The Morgan fingerprint density at radius 2 is 1.31 bits per heavy atom. The molecule has 144 valence electrons. The summed E-state index contributed by atoms with van der Waals surface area (Å²) in [4.78, 5) is 3.18. The Bertz CT molecular complexity index is 638. The van der Waals surface area contributed by atoms with Crippen LogP contribution in [0.3, 0.4) is 0 Å². The van der Waals surface area contributed by atoms with E-state index in [0.29, 0.717) is 0 Å². The summed E-state index contributed by atoms with van der Waals surface area (Å²) in [7, 11) is 0. The molecule has 0 fully saturated rings. The normalized spacial score (nSPS) is 17.1. The van der Waals surface area contributed by atoms with Crippen molar-refractivity contribution >= 4 is 22.7 Å². The number of thiophene rings is 2. The van der Waals surface area contributed by atoms with Gasteiger partial charge < -0.3 is 0 Å². The number of fused-ring (bicyclic) bond motifs is 3. The van der Waals surface area contributed by atoms with E-state index < -0.39 is 0 Å². The molecule has 0 aromatic carbocycles. The lowest BCUT2D eigenvalue weighted by molar-refractivity contribution is 0.268. The zero-order valence-corrected chi connectivity index (χ0v) is 18.8. The van der Waals surface area contributed by atoms with Gasteiger partial charge in [0.1, 0.15) is 0 Å². The maximum Gasteiger partial charge on any atom is 0.0486 e. The van der Waals surface area contributed by atoms with Gasteiger partial charge >= 0.3 is 0 Å². The zero-order valence-electron chi connectivity index (χ0n) is 17.1. The van der Waals surface area contributed by atoms with Gasteiger partial charge in [0.05, 0.1) is 0 Å². The molecular weight excluding hydrogens is 352 g/mol. The summed E-state index contributed by atoms with van der Waals surface area (Å²) in [5.41, 5.74) is 3.64. The van der Waals surface area contributed by atoms with Crippen molar-refractivity contribution in [2.45, 2.75) is 90.9 Å². The molecule has 0 amide bonds. The lowest BCUT2D eigenvalue weighted by Gasteiger charge is -2.37. The third kappa shape index (κ3) is 3.69. The van der Waals surface area contributed by atoms with Crippen LogP contribution in [0, 0.1) is 11.8 Å². The fraction of sp³-hybridized carbons (Fsp3) is 0.667. The summed E-state index contributed by atoms with van der Waals surface area (Å²) in [5, 5.41) is 4.69. The fourth-order valence-corrected chi connectivity index (χ4v) is 7.36. The van der Waals surface area contributed by atoms with E-state index in [2.05, 4.69) is 50.6 Å². The average molecular weight is 389 g/mol. The molecule has 2 unspecified atom stereocenters. The van der Waals surface area contributed by atoms with Crippen LogP contribution < -0.4 is 0 Å². The standard InChI is InChI=1S/C24H36S2/c1-5-9-11-19(8-4)17-24(16-18(7-3)10-6-2)20-12-14-25-22(20)23-21(24)13-15-26-23/h12-15,18-19H,5-11,16-17H2,1-4H3. The van der Waals surface area contributed by atoms with Gasteiger partial charge in [-0.1, -0.05) is 72.6 Å². The molecule has 0 radical (unpaired) electrons. The second kappa shape index (κ2) is 9.06. The Morgan fingerprint density at radius 1 is 0.769 bits per heavy atom. The molecule has 0 aliphatic heterocycles. The smallest absolute Gasteiger partial charge is 0.0486 e. The van der Waals surface area contributed by atoms with E-state index in [1.165, 1.54) is 57.8 Å². The summed E-state index contributed by atoms with van der Waals surface area (Å²) < 4.78 is 0. The van der Waals surface area contributed by atoms with Crippen molar-refractivity contribution in [3.05, 3.63) is 34.0 Å². The summed E-state index contributed by atoms with van der Waals surface area (Å²) in [6.07, 6.45) is 12.2. The van der Waals surface area contributed by atoms with Crippen molar-refractivity contribution in [2.24, 2.45) is 11.8 Å². The van der Waals surface area contributed by atoms with Gasteiger partial charge in [-0.05, 0) is 58.7 Å². The number of hydrogen-bond donors (Lipinski definition) is 0. The van der Waals surface area contributed by atoms with E-state index in [9.17, 15) is 0 Å². The number of rotatable bonds is 11. The molecule has 0 N–H and O–H groups in total. The van der Waals surface area contributed by atoms with Gasteiger partial charge in [0, 0.05) is 15.2 Å². The maximum atomic E-state index is 2.47. The van der Waals surface area contributed by atoms with Crippen LogP contribution in [0.25, 0.3) is 9.75 Å². The van der Waals surface area contributed by atoms with Crippen LogP contribution in [-0.4, -0.2) is 0 Å². The summed E-state index contributed by atoms with van der Waals surface area (Å²) in [5.74, 6) is 1.70. The minimum atomic E-state index is 0.287. The van der Waals surface area contributed by atoms with Crippen molar-refractivity contribution < 1.29 is 0 Å². The molecular formula is C24H36S2. The molecule has 0 saturated carbocycles. The Hall–Kier alpha value is -0.600. The Morgan fingerprint density at radius 3 is 1.77 bits per heavy atom. The molecule has 0 nitrogen and oxygen atoms in total. The largest absolute Gasteiger partial charge is 0.143 e. The van der Waals surface area contributed by atoms with Gasteiger partial charge in [-0.15, -0.1) is 22.7 Å². The SMILES string of the molecule is CCCCC(CC)CC1(CC(CC)CCC)c2ccsc2-c2sccc21. The van der Waals surface area contributed by atoms with Gasteiger partial charge in [0.25, 0.3) is 0 Å². The Kier molecular flexibility index (Phi) is 7.02. The van der Waals surface area contributed by atoms with Crippen LogP contribution in [0.15, 0.2) is 22.9 Å². The van der Waals surface area contributed by atoms with Crippen LogP contribution in [-0.2, 0) is 5.41 Å². The quantitative estimate of drug-likeness (QED) is 0.360. The summed E-state index contributed by atoms with van der Waals surface area (Å²) in [6.45, 7) is 9.50. The molecule has 2 aromatic rings. The molecule has 0 bridgehead atoms. The molecule has 0 saturated heterocycles. The molecule has 2 heteroatoms. The molecule has 2 aromatic heterocycles. The first kappa shape index (κ1) is 20.1. The average Bonchev–Trinajstić information content (AvgIpc) is 3.35. The van der Waals surface area contributed by atoms with Crippen LogP contribution in [0.5, 0.6) is 0 Å². The Labute approximate surface area is 169 Å². The second-order valence-corrected chi connectivity index (χ2v) is 10.1. The van der Waals surface area contributed by atoms with Crippen LogP contribution in [0.2, 0.25) is 0 Å². The van der Waals surface area contributed by atoms with E-state index in [1.54, 1.807) is 20.9 Å². The monoisotopic (exact) mass is 388 g/mol. The van der Waals surface area contributed by atoms with Gasteiger partial charge in [0.2, 0.25) is 0 Å². The first-order valence-electron chi connectivity index (χ1n) is 10.9. The van der Waals surface area contributed by atoms with E-state index >= 15 is 0 Å². The lowest BCUT2D eigenvalue weighted by atomic mass is 9.66. The second-order valence-electron chi connectivity index (χ2n) is 8.30. The molecule has 2 atom stereocenters. The molecule has 0 spiro atoms. The summed E-state index contributed by atoms with van der Waals surface area (Å²) >= 11 is 3.95. The summed E-state index contributed by atoms with van der Waals surface area (Å²) in [6, 6.07) is 4.94. The third-order valence-corrected chi connectivity index (χ3v) is 8.65. The minimum absolute atomic E-state index is 0.287. The first-order valence-corrected chi connectivity index (χ1v) is 12.6. The highest BCUT2D eigenvalue weighted by molar-refractivity contribution is 7.21. The minimum Gasteiger partial charge on any atom is -0.143 e. The van der Waals surface area contributed by atoms with Crippen molar-refractivity contribution in [1.82, 2.24) is 0 Å². The molecule has 3 rings (SSSR count). The van der Waals surface area contributed by atoms with Crippen molar-refractivity contribution in [3.63, 3.8) is 0 Å². The van der Waals surface area contributed by atoms with E-state index in [4.69, 9.17) is 0 Å². The highest BCUT2D eigenvalue weighted by Gasteiger charge is 2.46. The predicted octanol–water partition coefficient (Wildman–Crippen LogP) is 8.90. The molecule has 2 heterocycles. The topological polar surface area (TPSA) is 0 Å². The highest BCUT2D eigenvalue weighted by atomic mass is 32.1. The van der Waals surface area contributed by atoms with Gasteiger partial charge in [-0.3, -0.25) is 0 Å². The maximum absolute atomic E-state index is 2.47. The molecule has 1 aliphatic carbocycles. The molecule has 1 aliphatic rings. The van der Waals surface area contributed by atoms with Crippen LogP contribution in [0.1, 0.15) is 96.6 Å². The predicted molar refractivity (Wildman–Crippen MR) is 120 cm³/mol. The number of unbranched alkanes of at least 4 members (excludes halogenated alkanes) is 1. The number of hydrogen-bond acceptors (Lipinski definition) is 2.